The van der Waals surface area contributed by atoms with Crippen molar-refractivity contribution in [2.75, 3.05) is 6.61 Å². The lowest BCUT2D eigenvalue weighted by Crippen LogP contribution is -2.79. The molecule has 2 aliphatic heterocycles. The molecule has 9 nitrogen and oxygen atoms in total. The fourth-order valence-electron chi connectivity index (χ4n) is 8.64. The van der Waals surface area contributed by atoms with Gasteiger partial charge in [-0.3, -0.25) is 4.79 Å². The molecule has 0 aromatic heterocycles. The number of benzene rings is 1. The molecule has 2 N–H and O–H groups in total. The Morgan fingerprint density at radius 3 is 2.46 bits per heavy atom. The Morgan fingerprint density at radius 2 is 1.85 bits per heavy atom. The van der Waals surface area contributed by atoms with Gasteiger partial charge in [0.2, 0.25) is 0 Å². The highest BCUT2D eigenvalue weighted by atomic mass is 16.7. The summed E-state index contributed by atoms with van der Waals surface area (Å²) in [5.41, 5.74) is -3.07. The number of aliphatic hydroxyl groups excluding tert-OH is 1. The van der Waals surface area contributed by atoms with E-state index >= 15 is 0 Å². The van der Waals surface area contributed by atoms with Gasteiger partial charge in [0.15, 0.2) is 11.9 Å². The van der Waals surface area contributed by atoms with Gasteiger partial charge in [0.1, 0.15) is 23.9 Å². The second kappa shape index (κ2) is 9.47. The standard InChI is InChI=1S/C32H40O9/c1-7-22-38-24-23-17(2)20(34)15-32(36,29(23,4)5)27(40-28(35)19-11-9-8-10-12-19)25-30(6,26(24)39-22)14-13-21-31(25,16-37-21)41-18(3)33/h7-12,20-22,24-27,34,36H,1,13-16H2,2-6H3. The molecule has 3 aliphatic carbocycles. The fourth-order valence-corrected chi connectivity index (χ4v) is 8.64. The first-order valence-electron chi connectivity index (χ1n) is 14.4. The van der Waals surface area contributed by atoms with Crippen molar-refractivity contribution >= 4 is 11.9 Å². The normalized spacial score (nSPS) is 44.2. The van der Waals surface area contributed by atoms with Gasteiger partial charge in [-0.25, -0.2) is 4.79 Å². The summed E-state index contributed by atoms with van der Waals surface area (Å²) in [7, 11) is 0. The molecule has 10 unspecified atom stereocenters. The first kappa shape index (κ1) is 28.6. The zero-order chi connectivity index (χ0) is 29.5. The van der Waals surface area contributed by atoms with E-state index in [0.29, 0.717) is 24.0 Å². The lowest BCUT2D eigenvalue weighted by atomic mass is 9.45. The molecule has 5 aliphatic rings. The van der Waals surface area contributed by atoms with Crippen molar-refractivity contribution in [1.29, 1.82) is 0 Å². The van der Waals surface area contributed by atoms with Crippen LogP contribution in [-0.4, -0.2) is 76.8 Å². The lowest BCUT2D eigenvalue weighted by Gasteiger charge is -2.68. The largest absolute Gasteiger partial charge is 0.455 e. The third-order valence-electron chi connectivity index (χ3n) is 10.7. The molecule has 222 valence electrons. The van der Waals surface area contributed by atoms with E-state index in [1.54, 1.807) is 36.4 Å². The van der Waals surface area contributed by atoms with Gasteiger partial charge in [-0.15, -0.1) is 0 Å². The highest BCUT2D eigenvalue weighted by molar-refractivity contribution is 5.89. The number of hydrogen-bond donors (Lipinski definition) is 2. The van der Waals surface area contributed by atoms with Crippen molar-refractivity contribution in [3.05, 3.63) is 59.7 Å². The molecule has 6 rings (SSSR count). The van der Waals surface area contributed by atoms with Crippen molar-refractivity contribution in [2.45, 2.75) is 102 Å². The minimum atomic E-state index is -1.77. The molecule has 4 fully saturated rings. The van der Waals surface area contributed by atoms with Crippen molar-refractivity contribution in [1.82, 2.24) is 0 Å². The molecule has 2 bridgehead atoms. The van der Waals surface area contributed by atoms with Gasteiger partial charge in [-0.1, -0.05) is 45.5 Å². The number of fused-ring (bicyclic) bond motifs is 8. The van der Waals surface area contributed by atoms with Gasteiger partial charge < -0.3 is 33.9 Å². The van der Waals surface area contributed by atoms with Gasteiger partial charge in [0.25, 0.3) is 0 Å². The summed E-state index contributed by atoms with van der Waals surface area (Å²) in [5, 5.41) is 24.4. The zero-order valence-electron chi connectivity index (χ0n) is 24.3. The van der Waals surface area contributed by atoms with Crippen molar-refractivity contribution in [3.63, 3.8) is 0 Å². The summed E-state index contributed by atoms with van der Waals surface area (Å²) < 4.78 is 31.6. The van der Waals surface area contributed by atoms with Gasteiger partial charge in [0.05, 0.1) is 30.3 Å². The molecule has 9 heteroatoms. The van der Waals surface area contributed by atoms with Crippen LogP contribution >= 0.6 is 0 Å². The van der Waals surface area contributed by atoms with Gasteiger partial charge in [-0.2, -0.15) is 0 Å². The highest BCUT2D eigenvalue weighted by Crippen LogP contribution is 2.66. The van der Waals surface area contributed by atoms with Crippen LogP contribution in [0.15, 0.2) is 54.1 Å². The van der Waals surface area contributed by atoms with Crippen LogP contribution in [0.3, 0.4) is 0 Å². The Hall–Kier alpha value is -2.56. The van der Waals surface area contributed by atoms with Crippen LogP contribution in [-0.2, 0) is 28.5 Å². The summed E-state index contributed by atoms with van der Waals surface area (Å²) in [6.07, 6.45) is -1.96. The Labute approximate surface area is 240 Å². The van der Waals surface area contributed by atoms with E-state index in [1.165, 1.54) is 6.92 Å². The number of rotatable bonds is 4. The molecule has 0 amide bonds. The van der Waals surface area contributed by atoms with Crippen molar-refractivity contribution in [3.8, 4) is 0 Å². The summed E-state index contributed by atoms with van der Waals surface area (Å²) in [6.45, 7) is 13.0. The quantitative estimate of drug-likeness (QED) is 0.415. The van der Waals surface area contributed by atoms with E-state index in [1.807, 2.05) is 27.7 Å². The number of carbonyl (C=O) groups is 2. The van der Waals surface area contributed by atoms with E-state index in [9.17, 15) is 19.8 Å². The first-order valence-corrected chi connectivity index (χ1v) is 14.4. The highest BCUT2D eigenvalue weighted by Gasteiger charge is 2.76. The molecular formula is C32H40O9. The minimum absolute atomic E-state index is 0.0839. The molecule has 0 spiro atoms. The van der Waals surface area contributed by atoms with E-state index in [2.05, 4.69) is 6.58 Å². The average Bonchev–Trinajstić information content (AvgIpc) is 3.34. The van der Waals surface area contributed by atoms with E-state index in [0.717, 1.165) is 5.57 Å². The second-order valence-corrected chi connectivity index (χ2v) is 13.1. The van der Waals surface area contributed by atoms with Gasteiger partial charge in [0, 0.05) is 24.2 Å². The number of aliphatic hydroxyl groups is 2. The third-order valence-corrected chi connectivity index (χ3v) is 10.7. The predicted octanol–water partition coefficient (Wildman–Crippen LogP) is 3.48. The monoisotopic (exact) mass is 568 g/mol. The smallest absolute Gasteiger partial charge is 0.338 e. The van der Waals surface area contributed by atoms with Crippen LogP contribution in [0.25, 0.3) is 0 Å². The molecule has 41 heavy (non-hydrogen) atoms. The van der Waals surface area contributed by atoms with Crippen LogP contribution in [0.5, 0.6) is 0 Å². The molecule has 2 heterocycles. The summed E-state index contributed by atoms with van der Waals surface area (Å²) in [4.78, 5) is 26.5. The van der Waals surface area contributed by atoms with Crippen LogP contribution in [0.4, 0.5) is 0 Å². The number of ether oxygens (including phenoxy) is 5. The zero-order valence-corrected chi connectivity index (χ0v) is 24.3. The van der Waals surface area contributed by atoms with Gasteiger partial charge in [-0.05, 0) is 49.1 Å². The van der Waals surface area contributed by atoms with E-state index in [4.69, 9.17) is 23.7 Å². The summed E-state index contributed by atoms with van der Waals surface area (Å²) >= 11 is 0. The van der Waals surface area contributed by atoms with Crippen molar-refractivity contribution < 1.29 is 43.5 Å². The molecule has 2 saturated carbocycles. The molecule has 1 aromatic carbocycles. The second-order valence-electron chi connectivity index (χ2n) is 13.1. The third kappa shape index (κ3) is 3.86. The maximum absolute atomic E-state index is 13.8. The summed E-state index contributed by atoms with van der Waals surface area (Å²) in [6, 6.07) is 8.60. The fraction of sp³-hybridized carbons (Fsp3) is 0.625. The lowest BCUT2D eigenvalue weighted by molar-refractivity contribution is -0.345. The number of hydrogen-bond acceptors (Lipinski definition) is 9. The van der Waals surface area contributed by atoms with Crippen LogP contribution in [0.2, 0.25) is 0 Å². The maximum Gasteiger partial charge on any atom is 0.338 e. The Kier molecular flexibility index (Phi) is 6.60. The Bertz CT molecular complexity index is 1290. The average molecular weight is 569 g/mol. The first-order chi connectivity index (χ1) is 19.3. The Morgan fingerprint density at radius 1 is 1.15 bits per heavy atom. The SMILES string of the molecule is C=CC1OC2C3=C(C)C(O)CC(O)(C(OC(=O)c4ccccc4)C4C(C)(CCC5OCC54OC(C)=O)C2O1)C3(C)C. The predicted molar refractivity (Wildman–Crippen MR) is 146 cm³/mol. The molecule has 2 saturated heterocycles. The number of carbonyl (C=O) groups excluding carboxylic acids is 2. The molecule has 10 atom stereocenters. The topological polar surface area (TPSA) is 121 Å². The van der Waals surface area contributed by atoms with Crippen LogP contribution in [0.1, 0.15) is 64.2 Å². The van der Waals surface area contributed by atoms with E-state index < -0.39 is 76.7 Å². The van der Waals surface area contributed by atoms with E-state index in [-0.39, 0.29) is 13.0 Å². The van der Waals surface area contributed by atoms with Crippen molar-refractivity contribution in [2.24, 2.45) is 16.7 Å². The maximum atomic E-state index is 13.8. The minimum Gasteiger partial charge on any atom is -0.455 e. The summed E-state index contributed by atoms with van der Waals surface area (Å²) in [5.74, 6) is -1.86. The van der Waals surface area contributed by atoms with Crippen LogP contribution < -0.4 is 0 Å². The van der Waals surface area contributed by atoms with Gasteiger partial charge >= 0.3 is 11.9 Å². The number of esters is 2. The molecule has 1 aromatic rings. The van der Waals surface area contributed by atoms with Crippen LogP contribution in [0, 0.1) is 16.7 Å². The molecule has 0 radical (unpaired) electrons. The Balaban J connectivity index is 1.62. The molecular weight excluding hydrogens is 528 g/mol.